The van der Waals surface area contributed by atoms with E-state index < -0.39 is 11.4 Å². The highest BCUT2D eigenvalue weighted by atomic mass is 16.5. The van der Waals surface area contributed by atoms with Crippen LogP contribution in [-0.4, -0.2) is 31.6 Å². The molecule has 1 unspecified atom stereocenters. The van der Waals surface area contributed by atoms with Gasteiger partial charge in [0.25, 0.3) is 0 Å². The molecule has 1 aliphatic carbocycles. The minimum absolute atomic E-state index is 0.147. The summed E-state index contributed by atoms with van der Waals surface area (Å²) in [5, 5.41) is 0. The number of hydrogen-bond donors (Lipinski definition) is 0. The Hall–Kier alpha value is -2.14. The molecule has 0 saturated heterocycles. The number of benzene rings is 1. The average Bonchev–Trinajstić information content (AvgIpc) is 2.70. The van der Waals surface area contributed by atoms with Gasteiger partial charge in [0.15, 0.2) is 5.78 Å². The number of allylic oxidation sites excluding steroid dienone is 2. The highest BCUT2D eigenvalue weighted by Crippen LogP contribution is 2.39. The topological polar surface area (TPSA) is 61.8 Å². The molecule has 154 valence electrons. The van der Waals surface area contributed by atoms with E-state index in [-0.39, 0.29) is 12.4 Å². The van der Waals surface area contributed by atoms with E-state index in [1.54, 1.807) is 13.8 Å². The second-order valence-electron chi connectivity index (χ2n) is 7.21. The summed E-state index contributed by atoms with van der Waals surface area (Å²) < 4.78 is 16.6. The van der Waals surface area contributed by atoms with E-state index in [4.69, 9.17) is 14.2 Å². The molecule has 0 aliphatic heterocycles. The number of ether oxygens (including phenoxy) is 3. The smallest absolute Gasteiger partial charge is 0.319 e. The zero-order chi connectivity index (χ0) is 20.4. The lowest BCUT2D eigenvalue weighted by Gasteiger charge is -2.32. The summed E-state index contributed by atoms with van der Waals surface area (Å²) in [4.78, 5) is 25.4. The quantitative estimate of drug-likeness (QED) is 0.315. The van der Waals surface area contributed by atoms with Crippen molar-refractivity contribution in [3.8, 4) is 0 Å². The third-order valence-corrected chi connectivity index (χ3v) is 5.09. The Morgan fingerprint density at radius 3 is 2.54 bits per heavy atom. The maximum absolute atomic E-state index is 13.1. The predicted molar refractivity (Wildman–Crippen MR) is 108 cm³/mol. The van der Waals surface area contributed by atoms with Gasteiger partial charge in [0.05, 0.1) is 19.8 Å². The van der Waals surface area contributed by atoms with Gasteiger partial charge in [-0.3, -0.25) is 9.59 Å². The predicted octanol–water partition coefficient (Wildman–Crippen LogP) is 4.60. The molecule has 0 bridgehead atoms. The number of esters is 1. The van der Waals surface area contributed by atoms with E-state index in [1.165, 1.54) is 0 Å². The lowest BCUT2D eigenvalue weighted by Crippen LogP contribution is -2.42. The fourth-order valence-corrected chi connectivity index (χ4v) is 3.43. The Morgan fingerprint density at radius 1 is 1.11 bits per heavy atom. The summed E-state index contributed by atoms with van der Waals surface area (Å²) in [6, 6.07) is 10.1. The van der Waals surface area contributed by atoms with Crippen LogP contribution in [0.1, 0.15) is 58.4 Å². The number of Topliss-reactive ketones (excluding diaryl/α,β-unsaturated/α-hetero) is 1. The van der Waals surface area contributed by atoms with Crippen LogP contribution in [0.25, 0.3) is 0 Å². The normalized spacial score (nSPS) is 19.6. The van der Waals surface area contributed by atoms with Crippen molar-refractivity contribution in [2.24, 2.45) is 5.41 Å². The fourth-order valence-electron chi connectivity index (χ4n) is 3.43. The van der Waals surface area contributed by atoms with Crippen molar-refractivity contribution in [2.75, 3.05) is 19.8 Å². The zero-order valence-corrected chi connectivity index (χ0v) is 17.3. The molecule has 0 spiro atoms. The lowest BCUT2D eigenvalue weighted by molar-refractivity contribution is -0.159. The Kier molecular flexibility index (Phi) is 8.71. The first kappa shape index (κ1) is 22.2. The van der Waals surface area contributed by atoms with Gasteiger partial charge in [0.1, 0.15) is 11.2 Å². The standard InChI is InChI=1S/C23H32O5/c1-4-27-20-14-15-23(3,22(25)28-5-2)21(24)19(20)13-9-10-16-26-17-18-11-7-6-8-12-18/h6-8,11-12H,4-5,9-10,13-17H2,1-3H3. The van der Waals surface area contributed by atoms with E-state index in [0.717, 1.165) is 24.2 Å². The highest BCUT2D eigenvalue weighted by molar-refractivity contribution is 6.12. The summed E-state index contributed by atoms with van der Waals surface area (Å²) in [5.41, 5.74) is 0.693. The zero-order valence-electron chi connectivity index (χ0n) is 17.3. The monoisotopic (exact) mass is 388 g/mol. The minimum atomic E-state index is -1.10. The Balaban J connectivity index is 1.90. The van der Waals surface area contributed by atoms with Crippen LogP contribution in [0.4, 0.5) is 0 Å². The second-order valence-corrected chi connectivity index (χ2v) is 7.21. The van der Waals surface area contributed by atoms with Crippen molar-refractivity contribution >= 4 is 11.8 Å². The number of unbranched alkanes of at least 4 members (excludes halogenated alkanes) is 1. The Bertz CT molecular complexity index is 679. The molecule has 28 heavy (non-hydrogen) atoms. The van der Waals surface area contributed by atoms with Gasteiger partial charge in [-0.25, -0.2) is 0 Å². The van der Waals surface area contributed by atoms with Crippen LogP contribution in [0.3, 0.4) is 0 Å². The van der Waals surface area contributed by atoms with Crippen LogP contribution in [0.15, 0.2) is 41.7 Å². The third kappa shape index (κ3) is 5.68. The van der Waals surface area contributed by atoms with E-state index in [1.807, 2.05) is 37.3 Å². The molecule has 0 amide bonds. The summed E-state index contributed by atoms with van der Waals surface area (Å²) in [5.74, 6) is 0.157. The van der Waals surface area contributed by atoms with Gasteiger partial charge in [-0.2, -0.15) is 0 Å². The van der Waals surface area contributed by atoms with E-state index in [2.05, 4.69) is 0 Å². The highest BCUT2D eigenvalue weighted by Gasteiger charge is 2.47. The van der Waals surface area contributed by atoms with Gasteiger partial charge in [-0.1, -0.05) is 30.3 Å². The van der Waals surface area contributed by atoms with Crippen LogP contribution in [0, 0.1) is 5.41 Å². The Labute approximate surface area is 168 Å². The molecule has 5 heteroatoms. The number of carbonyl (C=O) groups is 2. The molecule has 2 rings (SSSR count). The molecule has 5 nitrogen and oxygen atoms in total. The molecular formula is C23H32O5. The maximum Gasteiger partial charge on any atom is 0.319 e. The van der Waals surface area contributed by atoms with Crippen LogP contribution in [0.2, 0.25) is 0 Å². The first-order chi connectivity index (χ1) is 13.5. The number of rotatable bonds is 11. The average molecular weight is 389 g/mol. The van der Waals surface area contributed by atoms with E-state index in [9.17, 15) is 9.59 Å². The van der Waals surface area contributed by atoms with Crippen LogP contribution in [-0.2, 0) is 30.4 Å². The summed E-state index contributed by atoms with van der Waals surface area (Å²) >= 11 is 0. The minimum Gasteiger partial charge on any atom is -0.498 e. The molecule has 0 N–H and O–H groups in total. The van der Waals surface area contributed by atoms with Gasteiger partial charge >= 0.3 is 5.97 Å². The van der Waals surface area contributed by atoms with E-state index >= 15 is 0 Å². The molecule has 1 atom stereocenters. The van der Waals surface area contributed by atoms with Crippen molar-refractivity contribution in [3.05, 3.63) is 47.2 Å². The van der Waals surface area contributed by atoms with Crippen molar-refractivity contribution in [1.82, 2.24) is 0 Å². The van der Waals surface area contributed by atoms with Crippen LogP contribution >= 0.6 is 0 Å². The molecule has 1 aromatic rings. The molecule has 0 radical (unpaired) electrons. The van der Waals surface area contributed by atoms with Crippen molar-refractivity contribution in [1.29, 1.82) is 0 Å². The van der Waals surface area contributed by atoms with Crippen molar-refractivity contribution < 1.29 is 23.8 Å². The third-order valence-electron chi connectivity index (χ3n) is 5.09. The molecular weight excluding hydrogens is 356 g/mol. The summed E-state index contributed by atoms with van der Waals surface area (Å²) in [6.07, 6.45) is 3.28. The molecule has 1 aliphatic rings. The van der Waals surface area contributed by atoms with Crippen molar-refractivity contribution in [3.63, 3.8) is 0 Å². The number of ketones is 1. The summed E-state index contributed by atoms with van der Waals surface area (Å²) in [7, 11) is 0. The number of hydrogen-bond acceptors (Lipinski definition) is 5. The SMILES string of the molecule is CCOC(=O)C1(C)CCC(OCC)=C(CCCCOCc2ccccc2)C1=O. The van der Waals surface area contributed by atoms with E-state index in [0.29, 0.717) is 44.7 Å². The summed E-state index contributed by atoms with van der Waals surface area (Å²) in [6.45, 7) is 7.38. The first-order valence-corrected chi connectivity index (χ1v) is 10.2. The van der Waals surface area contributed by atoms with Crippen molar-refractivity contribution in [2.45, 2.75) is 59.5 Å². The lowest BCUT2D eigenvalue weighted by atomic mass is 9.72. The largest absolute Gasteiger partial charge is 0.498 e. The Morgan fingerprint density at radius 2 is 1.86 bits per heavy atom. The van der Waals surface area contributed by atoms with Gasteiger partial charge in [0.2, 0.25) is 0 Å². The number of carbonyl (C=O) groups excluding carboxylic acids is 2. The maximum atomic E-state index is 13.1. The fraction of sp³-hybridized carbons (Fsp3) is 0.565. The molecule has 0 heterocycles. The molecule has 1 aromatic carbocycles. The first-order valence-electron chi connectivity index (χ1n) is 10.2. The van der Waals surface area contributed by atoms with Gasteiger partial charge in [-0.05, 0) is 52.0 Å². The van der Waals surface area contributed by atoms with Gasteiger partial charge in [-0.15, -0.1) is 0 Å². The molecule has 0 saturated carbocycles. The van der Waals surface area contributed by atoms with Gasteiger partial charge < -0.3 is 14.2 Å². The molecule has 0 aromatic heterocycles. The van der Waals surface area contributed by atoms with Crippen LogP contribution in [0.5, 0.6) is 0 Å². The molecule has 0 fully saturated rings. The van der Waals surface area contributed by atoms with Gasteiger partial charge in [0, 0.05) is 18.6 Å². The van der Waals surface area contributed by atoms with Crippen LogP contribution < -0.4 is 0 Å². The second kappa shape index (κ2) is 11.0.